The molecule has 0 saturated carbocycles. The van der Waals surface area contributed by atoms with E-state index in [-0.39, 0.29) is 5.56 Å². The maximum atomic E-state index is 12.3. The largest absolute Gasteiger partial charge is 0.290 e. The number of rotatable bonds is 2. The molecular weight excluding hydrogens is 260 g/mol. The monoisotopic (exact) mass is 272 g/mol. The smallest absolute Gasteiger partial charge is 0.271 e. The minimum Gasteiger partial charge on any atom is -0.290 e. The van der Waals surface area contributed by atoms with Gasteiger partial charge in [-0.05, 0) is 30.9 Å². The summed E-state index contributed by atoms with van der Waals surface area (Å²) >= 11 is 1.43. The van der Waals surface area contributed by atoms with Crippen LogP contribution in [0.15, 0.2) is 28.8 Å². The Morgan fingerprint density at radius 2 is 2.16 bits per heavy atom. The summed E-state index contributed by atoms with van der Waals surface area (Å²) in [5.74, 6) is 0.622. The Bertz CT molecular complexity index is 806. The zero-order chi connectivity index (χ0) is 13.4. The molecule has 0 aromatic carbocycles. The van der Waals surface area contributed by atoms with Crippen LogP contribution < -0.4 is 5.56 Å². The molecule has 0 amide bonds. The van der Waals surface area contributed by atoms with Crippen molar-refractivity contribution in [2.45, 2.75) is 20.4 Å². The third-order valence-electron chi connectivity index (χ3n) is 2.88. The molecule has 0 unspecified atom stereocenters. The lowest BCUT2D eigenvalue weighted by molar-refractivity contribution is 0.703. The van der Waals surface area contributed by atoms with Gasteiger partial charge in [0.1, 0.15) is 10.5 Å². The number of aryl methyl sites for hydroxylation is 2. The van der Waals surface area contributed by atoms with Gasteiger partial charge in [0, 0.05) is 11.9 Å². The molecule has 3 aromatic heterocycles. The molecule has 0 N–H and O–H groups in total. The van der Waals surface area contributed by atoms with Crippen LogP contribution in [0.25, 0.3) is 10.2 Å². The van der Waals surface area contributed by atoms with Gasteiger partial charge in [-0.3, -0.25) is 9.36 Å². The van der Waals surface area contributed by atoms with E-state index < -0.39 is 0 Å². The summed E-state index contributed by atoms with van der Waals surface area (Å²) < 4.78 is 2.24. The fourth-order valence-electron chi connectivity index (χ4n) is 1.90. The third-order valence-corrected chi connectivity index (χ3v) is 3.96. The Morgan fingerprint density at radius 1 is 1.32 bits per heavy atom. The van der Waals surface area contributed by atoms with E-state index in [0.717, 1.165) is 16.8 Å². The Morgan fingerprint density at radius 3 is 2.95 bits per heavy atom. The highest BCUT2D eigenvalue weighted by Crippen LogP contribution is 2.19. The maximum Gasteiger partial charge on any atom is 0.271 e. The van der Waals surface area contributed by atoms with E-state index >= 15 is 0 Å². The van der Waals surface area contributed by atoms with Crippen molar-refractivity contribution in [3.05, 3.63) is 51.4 Å². The molecule has 0 saturated heterocycles. The van der Waals surface area contributed by atoms with Crippen molar-refractivity contribution in [1.29, 1.82) is 0 Å². The molecular formula is C13H12N4OS. The lowest BCUT2D eigenvalue weighted by Crippen LogP contribution is -2.21. The Labute approximate surface area is 113 Å². The summed E-state index contributed by atoms with van der Waals surface area (Å²) in [5, 5.41) is 1.95. The van der Waals surface area contributed by atoms with E-state index in [0.29, 0.717) is 17.1 Å². The highest BCUT2D eigenvalue weighted by Gasteiger charge is 2.09. The highest BCUT2D eigenvalue weighted by molar-refractivity contribution is 7.17. The minimum atomic E-state index is -0.0341. The van der Waals surface area contributed by atoms with Crippen molar-refractivity contribution in [3.63, 3.8) is 0 Å². The van der Waals surface area contributed by atoms with Gasteiger partial charge in [0.05, 0.1) is 18.4 Å². The molecule has 0 aliphatic heterocycles. The van der Waals surface area contributed by atoms with Gasteiger partial charge in [-0.1, -0.05) is 0 Å². The van der Waals surface area contributed by atoms with Gasteiger partial charge in [0.25, 0.3) is 5.56 Å². The predicted molar refractivity (Wildman–Crippen MR) is 74.5 cm³/mol. The second kappa shape index (κ2) is 4.55. The maximum absolute atomic E-state index is 12.3. The Balaban J connectivity index is 2.06. The average molecular weight is 272 g/mol. The molecule has 0 bridgehead atoms. The fourth-order valence-corrected chi connectivity index (χ4v) is 2.85. The molecule has 3 rings (SSSR count). The summed E-state index contributed by atoms with van der Waals surface area (Å²) in [6, 6.07) is 1.83. The fraction of sp³-hybridized carbons (Fsp3) is 0.231. The second-order valence-electron chi connectivity index (χ2n) is 4.39. The molecule has 0 spiro atoms. The first-order valence-electron chi connectivity index (χ1n) is 5.87. The van der Waals surface area contributed by atoms with Crippen molar-refractivity contribution < 1.29 is 0 Å². The second-order valence-corrected chi connectivity index (χ2v) is 5.27. The summed E-state index contributed by atoms with van der Waals surface area (Å²) in [6.07, 6.45) is 3.26. The van der Waals surface area contributed by atoms with Crippen molar-refractivity contribution >= 4 is 21.6 Å². The van der Waals surface area contributed by atoms with Crippen LogP contribution in [-0.2, 0) is 6.54 Å². The van der Waals surface area contributed by atoms with Crippen molar-refractivity contribution in [1.82, 2.24) is 19.5 Å². The molecule has 0 atom stereocenters. The molecule has 6 heteroatoms. The molecule has 19 heavy (non-hydrogen) atoms. The van der Waals surface area contributed by atoms with Crippen LogP contribution in [0.4, 0.5) is 0 Å². The normalized spacial score (nSPS) is 11.1. The highest BCUT2D eigenvalue weighted by atomic mass is 32.1. The van der Waals surface area contributed by atoms with Gasteiger partial charge >= 0.3 is 0 Å². The third kappa shape index (κ3) is 2.15. The van der Waals surface area contributed by atoms with Crippen LogP contribution >= 0.6 is 11.3 Å². The van der Waals surface area contributed by atoms with Crippen LogP contribution in [0.1, 0.15) is 17.1 Å². The first kappa shape index (κ1) is 12.0. The molecule has 0 radical (unpaired) electrons. The van der Waals surface area contributed by atoms with Gasteiger partial charge in [0.2, 0.25) is 0 Å². The Kier molecular flexibility index (Phi) is 2.87. The average Bonchev–Trinajstić information content (AvgIpc) is 2.76. The first-order valence-corrected chi connectivity index (χ1v) is 6.75. The minimum absolute atomic E-state index is 0.0341. The van der Waals surface area contributed by atoms with Gasteiger partial charge < -0.3 is 0 Å². The topological polar surface area (TPSA) is 60.7 Å². The van der Waals surface area contributed by atoms with Crippen molar-refractivity contribution in [2.75, 3.05) is 0 Å². The molecule has 96 valence electrons. The van der Waals surface area contributed by atoms with E-state index in [4.69, 9.17) is 0 Å². The molecule has 0 aliphatic carbocycles. The molecule has 3 aromatic rings. The standard InChI is InChI=1S/C13H12N4OS/c1-8-6-19-12-11(8)15-7-17(13(12)18)5-10-14-4-3-9(2)16-10/h3-4,6-7H,5H2,1-2H3. The van der Waals surface area contributed by atoms with Gasteiger partial charge in [0.15, 0.2) is 0 Å². The van der Waals surface area contributed by atoms with Crippen LogP contribution in [0.2, 0.25) is 0 Å². The van der Waals surface area contributed by atoms with E-state index in [1.54, 1.807) is 17.1 Å². The van der Waals surface area contributed by atoms with Crippen molar-refractivity contribution in [3.8, 4) is 0 Å². The zero-order valence-electron chi connectivity index (χ0n) is 10.6. The van der Waals surface area contributed by atoms with Gasteiger partial charge in [-0.2, -0.15) is 0 Å². The molecule has 0 aliphatic rings. The predicted octanol–water partition coefficient (Wildman–Crippen LogP) is 1.91. The van der Waals surface area contributed by atoms with Crippen molar-refractivity contribution in [2.24, 2.45) is 0 Å². The molecule has 0 fully saturated rings. The number of hydrogen-bond donors (Lipinski definition) is 0. The van der Waals surface area contributed by atoms with Crippen LogP contribution in [0.3, 0.4) is 0 Å². The van der Waals surface area contributed by atoms with Gasteiger partial charge in [-0.15, -0.1) is 11.3 Å². The first-order chi connectivity index (χ1) is 9.15. The zero-order valence-corrected chi connectivity index (χ0v) is 11.4. The number of hydrogen-bond acceptors (Lipinski definition) is 5. The van der Waals surface area contributed by atoms with Crippen LogP contribution in [0, 0.1) is 13.8 Å². The van der Waals surface area contributed by atoms with E-state index in [1.807, 2.05) is 25.3 Å². The number of nitrogens with zero attached hydrogens (tertiary/aromatic N) is 4. The molecule has 5 nitrogen and oxygen atoms in total. The lowest BCUT2D eigenvalue weighted by Gasteiger charge is -2.04. The summed E-state index contributed by atoms with van der Waals surface area (Å²) in [5.41, 5.74) is 2.68. The summed E-state index contributed by atoms with van der Waals surface area (Å²) in [4.78, 5) is 25.1. The summed E-state index contributed by atoms with van der Waals surface area (Å²) in [6.45, 7) is 4.21. The van der Waals surface area contributed by atoms with Crippen LogP contribution in [0.5, 0.6) is 0 Å². The van der Waals surface area contributed by atoms with Crippen LogP contribution in [-0.4, -0.2) is 19.5 Å². The number of fused-ring (bicyclic) bond motifs is 1. The quantitative estimate of drug-likeness (QED) is 0.715. The van der Waals surface area contributed by atoms with E-state index in [1.165, 1.54) is 11.3 Å². The number of thiophene rings is 1. The van der Waals surface area contributed by atoms with E-state index in [9.17, 15) is 4.79 Å². The number of aromatic nitrogens is 4. The summed E-state index contributed by atoms with van der Waals surface area (Å²) in [7, 11) is 0. The molecule has 3 heterocycles. The van der Waals surface area contributed by atoms with Gasteiger partial charge in [-0.25, -0.2) is 15.0 Å². The lowest BCUT2D eigenvalue weighted by atomic mass is 10.3. The van der Waals surface area contributed by atoms with E-state index in [2.05, 4.69) is 15.0 Å². The SMILES string of the molecule is Cc1ccnc(Cn2cnc3c(C)csc3c2=O)n1. The Hall–Kier alpha value is -2.08.